The zero-order valence-corrected chi connectivity index (χ0v) is 17.0. The number of ketones is 1. The zero-order chi connectivity index (χ0) is 19.2. The molecule has 3 atom stereocenters. The van der Waals surface area contributed by atoms with E-state index in [0.29, 0.717) is 44.5 Å². The SMILES string of the molecule is C[C@]12CCC3(CC1=CCC1=C2C(=O)C[C@@]2(C)[C@H]1CCC21OCCO1)OCCO3. The summed E-state index contributed by atoms with van der Waals surface area (Å²) in [6, 6.07) is 0. The Morgan fingerprint density at radius 1 is 0.929 bits per heavy atom. The molecular formula is C23H30O5. The fourth-order valence-corrected chi connectivity index (χ4v) is 7.37. The summed E-state index contributed by atoms with van der Waals surface area (Å²) < 4.78 is 24.3. The van der Waals surface area contributed by atoms with E-state index in [4.69, 9.17) is 18.9 Å². The highest BCUT2D eigenvalue weighted by Gasteiger charge is 2.66. The maximum absolute atomic E-state index is 13.6. The number of fused-ring (bicyclic) bond motifs is 5. The van der Waals surface area contributed by atoms with Gasteiger partial charge in [-0.3, -0.25) is 4.79 Å². The molecule has 6 aliphatic rings. The van der Waals surface area contributed by atoms with Crippen LogP contribution in [-0.2, 0) is 23.7 Å². The highest BCUT2D eigenvalue weighted by atomic mass is 16.7. The summed E-state index contributed by atoms with van der Waals surface area (Å²) >= 11 is 0. The average molecular weight is 386 g/mol. The first-order valence-corrected chi connectivity index (χ1v) is 10.9. The minimum atomic E-state index is -0.557. The Morgan fingerprint density at radius 2 is 1.64 bits per heavy atom. The van der Waals surface area contributed by atoms with Crippen molar-refractivity contribution >= 4 is 5.78 Å². The first-order valence-electron chi connectivity index (χ1n) is 10.9. The third kappa shape index (κ3) is 2.04. The molecule has 2 spiro atoms. The van der Waals surface area contributed by atoms with Crippen LogP contribution >= 0.6 is 0 Å². The lowest BCUT2D eigenvalue weighted by molar-refractivity contribution is -0.225. The lowest BCUT2D eigenvalue weighted by Gasteiger charge is -2.52. The molecule has 4 fully saturated rings. The summed E-state index contributed by atoms with van der Waals surface area (Å²) in [6.07, 6.45) is 8.33. The summed E-state index contributed by atoms with van der Waals surface area (Å²) in [4.78, 5) is 13.6. The lowest BCUT2D eigenvalue weighted by Crippen LogP contribution is -2.52. The van der Waals surface area contributed by atoms with Crippen LogP contribution in [0.4, 0.5) is 0 Å². The number of ether oxygens (including phenoxy) is 4. The van der Waals surface area contributed by atoms with Gasteiger partial charge in [-0.05, 0) is 25.2 Å². The van der Waals surface area contributed by atoms with Crippen molar-refractivity contribution in [3.8, 4) is 0 Å². The van der Waals surface area contributed by atoms with Crippen LogP contribution in [0.3, 0.4) is 0 Å². The van der Waals surface area contributed by atoms with Gasteiger partial charge in [0.1, 0.15) is 0 Å². The molecule has 0 aromatic rings. The van der Waals surface area contributed by atoms with E-state index in [1.807, 2.05) is 0 Å². The quantitative estimate of drug-likeness (QED) is 0.595. The molecule has 2 saturated carbocycles. The molecule has 0 amide bonds. The second-order valence-corrected chi connectivity index (χ2v) is 10.0. The molecule has 0 bridgehead atoms. The van der Waals surface area contributed by atoms with Crippen LogP contribution in [0.5, 0.6) is 0 Å². The van der Waals surface area contributed by atoms with E-state index in [9.17, 15) is 4.79 Å². The van der Waals surface area contributed by atoms with Crippen LogP contribution in [0.25, 0.3) is 0 Å². The molecule has 2 saturated heterocycles. The average Bonchev–Trinajstić information content (AvgIpc) is 3.38. The molecular weight excluding hydrogens is 356 g/mol. The standard InChI is InChI=1S/C23H30O5/c1-20-7-8-22(25-9-10-26-22)13-15(20)3-4-16-17-5-6-23(27-11-12-28-23)21(17,2)14-18(24)19(16)20/h3,17H,4-14H2,1-2H3/t17-,20-,21-/m0/s1. The minimum Gasteiger partial charge on any atom is -0.347 e. The van der Waals surface area contributed by atoms with E-state index in [1.54, 1.807) is 0 Å². The van der Waals surface area contributed by atoms with E-state index in [-0.39, 0.29) is 10.8 Å². The molecule has 152 valence electrons. The topological polar surface area (TPSA) is 54.0 Å². The third-order valence-electron chi connectivity index (χ3n) is 8.81. The molecule has 0 aromatic carbocycles. The second-order valence-electron chi connectivity index (χ2n) is 10.0. The Morgan fingerprint density at radius 3 is 2.39 bits per heavy atom. The normalized spacial score (nSPS) is 43.3. The van der Waals surface area contributed by atoms with Gasteiger partial charge in [-0.1, -0.05) is 31.1 Å². The number of allylic oxidation sites excluding steroid dienone is 3. The van der Waals surface area contributed by atoms with Crippen molar-refractivity contribution in [2.24, 2.45) is 16.7 Å². The van der Waals surface area contributed by atoms with Gasteiger partial charge in [0.05, 0.1) is 26.4 Å². The fraction of sp³-hybridized carbons (Fsp3) is 0.783. The van der Waals surface area contributed by atoms with E-state index in [2.05, 4.69) is 19.9 Å². The van der Waals surface area contributed by atoms with Gasteiger partial charge in [0.15, 0.2) is 17.4 Å². The highest BCUT2D eigenvalue weighted by molar-refractivity contribution is 6.00. The molecule has 2 aliphatic heterocycles. The van der Waals surface area contributed by atoms with E-state index >= 15 is 0 Å². The highest BCUT2D eigenvalue weighted by Crippen LogP contribution is 2.66. The number of hydrogen-bond donors (Lipinski definition) is 0. The molecule has 0 N–H and O–H groups in total. The molecule has 6 rings (SSSR count). The predicted octanol–water partition coefficient (Wildman–Crippen LogP) is 3.68. The van der Waals surface area contributed by atoms with E-state index < -0.39 is 11.6 Å². The number of hydrogen-bond acceptors (Lipinski definition) is 5. The minimum absolute atomic E-state index is 0.167. The largest absolute Gasteiger partial charge is 0.347 e. The van der Waals surface area contributed by atoms with E-state index in [1.165, 1.54) is 11.1 Å². The van der Waals surface area contributed by atoms with Gasteiger partial charge in [-0.25, -0.2) is 0 Å². The Hall–Kier alpha value is -1.01. The molecule has 0 unspecified atom stereocenters. The van der Waals surface area contributed by atoms with Crippen LogP contribution in [0.15, 0.2) is 22.8 Å². The maximum atomic E-state index is 13.6. The zero-order valence-electron chi connectivity index (χ0n) is 17.0. The fourth-order valence-electron chi connectivity index (χ4n) is 7.37. The van der Waals surface area contributed by atoms with Crippen LogP contribution in [0, 0.1) is 16.7 Å². The molecule has 0 radical (unpaired) electrons. The molecule has 4 aliphatic carbocycles. The van der Waals surface area contributed by atoms with Crippen LogP contribution in [0.2, 0.25) is 0 Å². The Balaban J connectivity index is 1.39. The van der Waals surface area contributed by atoms with Crippen LogP contribution in [-0.4, -0.2) is 43.8 Å². The molecule has 5 heteroatoms. The Bertz CT molecular complexity index is 798. The number of carbonyl (C=O) groups excluding carboxylic acids is 1. The molecule has 0 aromatic heterocycles. The Kier molecular flexibility index (Phi) is 3.54. The summed E-state index contributed by atoms with van der Waals surface area (Å²) in [7, 11) is 0. The predicted molar refractivity (Wildman–Crippen MR) is 101 cm³/mol. The van der Waals surface area contributed by atoms with Gasteiger partial charge < -0.3 is 18.9 Å². The van der Waals surface area contributed by atoms with Crippen molar-refractivity contribution in [1.82, 2.24) is 0 Å². The molecule has 5 nitrogen and oxygen atoms in total. The summed E-state index contributed by atoms with van der Waals surface area (Å²) in [6.45, 7) is 7.16. The van der Waals surface area contributed by atoms with E-state index in [0.717, 1.165) is 44.1 Å². The molecule has 28 heavy (non-hydrogen) atoms. The van der Waals surface area contributed by atoms with Crippen LogP contribution in [0.1, 0.15) is 58.8 Å². The van der Waals surface area contributed by atoms with Crippen molar-refractivity contribution < 1.29 is 23.7 Å². The van der Waals surface area contributed by atoms with Gasteiger partial charge in [0.25, 0.3) is 0 Å². The van der Waals surface area contributed by atoms with Crippen molar-refractivity contribution in [2.45, 2.75) is 70.4 Å². The maximum Gasteiger partial charge on any atom is 0.174 e. The Labute approximate surface area is 166 Å². The van der Waals surface area contributed by atoms with Crippen molar-refractivity contribution in [3.63, 3.8) is 0 Å². The first kappa shape index (κ1) is 17.8. The second kappa shape index (κ2) is 5.57. The van der Waals surface area contributed by atoms with Crippen molar-refractivity contribution in [3.05, 3.63) is 22.8 Å². The van der Waals surface area contributed by atoms with Gasteiger partial charge in [-0.15, -0.1) is 0 Å². The number of Topliss-reactive ketones (excluding diaryl/α,β-unsaturated/α-hetero) is 1. The van der Waals surface area contributed by atoms with Crippen molar-refractivity contribution in [2.75, 3.05) is 26.4 Å². The number of rotatable bonds is 0. The molecule has 2 heterocycles. The lowest BCUT2D eigenvalue weighted by atomic mass is 9.53. The first-order chi connectivity index (χ1) is 13.4. The monoisotopic (exact) mass is 386 g/mol. The number of carbonyl (C=O) groups is 1. The van der Waals surface area contributed by atoms with Gasteiger partial charge in [-0.2, -0.15) is 0 Å². The summed E-state index contributed by atoms with van der Waals surface area (Å²) in [5.41, 5.74) is 3.41. The van der Waals surface area contributed by atoms with Crippen LogP contribution < -0.4 is 0 Å². The van der Waals surface area contributed by atoms with Gasteiger partial charge in [0, 0.05) is 42.1 Å². The van der Waals surface area contributed by atoms with Gasteiger partial charge in [0.2, 0.25) is 0 Å². The third-order valence-corrected chi connectivity index (χ3v) is 8.81. The smallest absolute Gasteiger partial charge is 0.174 e. The van der Waals surface area contributed by atoms with Gasteiger partial charge >= 0.3 is 0 Å². The summed E-state index contributed by atoms with van der Waals surface area (Å²) in [5, 5.41) is 0. The van der Waals surface area contributed by atoms with Crippen molar-refractivity contribution in [1.29, 1.82) is 0 Å². The summed E-state index contributed by atoms with van der Waals surface area (Å²) in [5.74, 6) is -0.313.